The molecule has 0 saturated heterocycles. The van der Waals surface area contributed by atoms with Crippen molar-refractivity contribution in [3.05, 3.63) is 52.1 Å². The molecule has 0 spiro atoms. The number of para-hydroxylation sites is 1. The fourth-order valence-corrected chi connectivity index (χ4v) is 1.56. The second kappa shape index (κ2) is 5.17. The van der Waals surface area contributed by atoms with Crippen molar-refractivity contribution in [1.29, 1.82) is 0 Å². The first-order valence-electron chi connectivity index (χ1n) is 5.38. The molecule has 2 aromatic rings. The first kappa shape index (κ1) is 12.6. The molecule has 0 bridgehead atoms. The largest absolute Gasteiger partial charge is 0.393 e. The number of H-pyrrole nitrogens is 1. The highest BCUT2D eigenvalue weighted by atomic mass is 16.6. The zero-order chi connectivity index (χ0) is 13.8. The number of hydrogen-bond donors (Lipinski definition) is 3. The number of benzene rings is 1. The summed E-state index contributed by atoms with van der Waals surface area (Å²) < 4.78 is 0. The van der Waals surface area contributed by atoms with Gasteiger partial charge in [-0.1, -0.05) is 6.07 Å². The van der Waals surface area contributed by atoms with Crippen LogP contribution in [0.15, 0.2) is 30.7 Å². The average molecular weight is 261 g/mol. The summed E-state index contributed by atoms with van der Waals surface area (Å²) in [4.78, 5) is 28.6. The summed E-state index contributed by atoms with van der Waals surface area (Å²) in [6.07, 6.45) is 3.06. The summed E-state index contributed by atoms with van der Waals surface area (Å²) in [5, 5.41) is 13.3. The fourth-order valence-electron chi connectivity index (χ4n) is 1.56. The lowest BCUT2D eigenvalue weighted by molar-refractivity contribution is -0.383. The lowest BCUT2D eigenvalue weighted by Crippen LogP contribution is -2.24. The van der Waals surface area contributed by atoms with Crippen LogP contribution < -0.4 is 11.1 Å². The van der Waals surface area contributed by atoms with Gasteiger partial charge in [0, 0.05) is 12.3 Å². The smallest absolute Gasteiger partial charge is 0.292 e. The van der Waals surface area contributed by atoms with Crippen molar-refractivity contribution >= 4 is 17.3 Å². The van der Waals surface area contributed by atoms with Crippen LogP contribution in [-0.4, -0.2) is 20.8 Å². The van der Waals surface area contributed by atoms with Crippen LogP contribution in [0.5, 0.6) is 0 Å². The molecule has 0 atom stereocenters. The molecule has 1 aromatic carbocycles. The molecule has 1 aromatic heterocycles. The number of amides is 1. The minimum atomic E-state index is -0.624. The number of imidazole rings is 1. The Bertz CT molecular complexity index is 609. The summed E-state index contributed by atoms with van der Waals surface area (Å²) in [5.41, 5.74) is 5.98. The third kappa shape index (κ3) is 2.68. The number of carbonyl (C=O) groups is 1. The lowest BCUT2D eigenvalue weighted by Gasteiger charge is -2.06. The highest BCUT2D eigenvalue weighted by molar-refractivity contribution is 6.00. The Balaban J connectivity index is 2.15. The van der Waals surface area contributed by atoms with Crippen molar-refractivity contribution in [3.63, 3.8) is 0 Å². The van der Waals surface area contributed by atoms with Gasteiger partial charge in [-0.2, -0.15) is 0 Å². The van der Waals surface area contributed by atoms with Gasteiger partial charge in [0.15, 0.2) is 0 Å². The molecule has 1 heterocycles. The second-order valence-electron chi connectivity index (χ2n) is 3.76. The van der Waals surface area contributed by atoms with Gasteiger partial charge in [0.2, 0.25) is 0 Å². The third-order valence-electron chi connectivity index (χ3n) is 2.52. The number of nitrogens with one attached hydrogen (secondary N) is 2. The van der Waals surface area contributed by atoms with Gasteiger partial charge < -0.3 is 16.0 Å². The number of carbonyl (C=O) groups excluding carboxylic acids is 1. The predicted molar refractivity (Wildman–Crippen MR) is 67.3 cm³/mol. The number of hydrogen-bond acceptors (Lipinski definition) is 5. The van der Waals surface area contributed by atoms with E-state index in [4.69, 9.17) is 5.73 Å². The SMILES string of the molecule is Nc1c(C(=O)NCc2cnc[nH]2)cccc1[N+](=O)[O-]. The Morgan fingerprint density at radius 2 is 2.32 bits per heavy atom. The number of nitrogen functional groups attached to an aromatic ring is 1. The first-order chi connectivity index (χ1) is 9.09. The molecule has 0 aliphatic rings. The van der Waals surface area contributed by atoms with Crippen molar-refractivity contribution in [2.75, 3.05) is 5.73 Å². The third-order valence-corrected chi connectivity index (χ3v) is 2.52. The van der Waals surface area contributed by atoms with Gasteiger partial charge in [0.05, 0.1) is 29.1 Å². The van der Waals surface area contributed by atoms with Gasteiger partial charge >= 0.3 is 0 Å². The average Bonchev–Trinajstić information content (AvgIpc) is 2.89. The molecule has 8 heteroatoms. The van der Waals surface area contributed by atoms with Crippen molar-refractivity contribution < 1.29 is 9.72 Å². The van der Waals surface area contributed by atoms with Gasteiger partial charge in [0.25, 0.3) is 11.6 Å². The van der Waals surface area contributed by atoms with E-state index in [2.05, 4.69) is 15.3 Å². The van der Waals surface area contributed by atoms with Crippen molar-refractivity contribution in [2.45, 2.75) is 6.54 Å². The number of nitro groups is 1. The van der Waals surface area contributed by atoms with Crippen LogP contribution in [0.25, 0.3) is 0 Å². The highest BCUT2D eigenvalue weighted by Crippen LogP contribution is 2.24. The number of anilines is 1. The Morgan fingerprint density at radius 3 is 2.95 bits per heavy atom. The number of nitrogens with two attached hydrogens (primary N) is 1. The summed E-state index contributed by atoms with van der Waals surface area (Å²) in [7, 11) is 0. The second-order valence-corrected chi connectivity index (χ2v) is 3.76. The van der Waals surface area contributed by atoms with Crippen LogP contribution in [-0.2, 0) is 6.54 Å². The molecule has 2 rings (SSSR count). The van der Waals surface area contributed by atoms with E-state index in [-0.39, 0.29) is 23.5 Å². The molecular weight excluding hydrogens is 250 g/mol. The molecular formula is C11H11N5O3. The summed E-state index contributed by atoms with van der Waals surface area (Å²) in [6.45, 7) is 0.237. The van der Waals surface area contributed by atoms with E-state index >= 15 is 0 Å². The maximum Gasteiger partial charge on any atom is 0.292 e. The van der Waals surface area contributed by atoms with E-state index in [1.165, 1.54) is 24.5 Å². The van der Waals surface area contributed by atoms with Gasteiger partial charge in [0.1, 0.15) is 5.69 Å². The Hall–Kier alpha value is -2.90. The number of aromatic amines is 1. The molecule has 19 heavy (non-hydrogen) atoms. The number of aromatic nitrogens is 2. The summed E-state index contributed by atoms with van der Waals surface area (Å²) >= 11 is 0. The monoisotopic (exact) mass is 261 g/mol. The molecule has 98 valence electrons. The molecule has 0 aliphatic heterocycles. The Labute approximate surface area is 107 Å². The molecule has 8 nitrogen and oxygen atoms in total. The number of nitro benzene ring substituents is 1. The number of rotatable bonds is 4. The molecule has 0 aliphatic carbocycles. The van der Waals surface area contributed by atoms with E-state index in [9.17, 15) is 14.9 Å². The Morgan fingerprint density at radius 1 is 1.53 bits per heavy atom. The van der Waals surface area contributed by atoms with Crippen LogP contribution in [0, 0.1) is 10.1 Å². The van der Waals surface area contributed by atoms with Crippen molar-refractivity contribution in [1.82, 2.24) is 15.3 Å². The Kier molecular flexibility index (Phi) is 3.42. The lowest BCUT2D eigenvalue weighted by atomic mass is 10.1. The van der Waals surface area contributed by atoms with Gasteiger partial charge in [-0.05, 0) is 6.07 Å². The van der Waals surface area contributed by atoms with Crippen LogP contribution in [0.4, 0.5) is 11.4 Å². The van der Waals surface area contributed by atoms with Crippen LogP contribution in [0.3, 0.4) is 0 Å². The standard InChI is InChI=1S/C11H11N5O3/c12-10-8(2-1-3-9(10)16(18)19)11(17)14-5-7-4-13-6-15-7/h1-4,6H,5,12H2,(H,13,15)(H,14,17). The number of nitrogens with zero attached hydrogens (tertiary/aromatic N) is 2. The normalized spacial score (nSPS) is 10.1. The minimum absolute atomic E-state index is 0.0775. The van der Waals surface area contributed by atoms with E-state index < -0.39 is 10.8 Å². The van der Waals surface area contributed by atoms with E-state index in [1.807, 2.05) is 0 Å². The zero-order valence-electron chi connectivity index (χ0n) is 9.79. The van der Waals surface area contributed by atoms with Gasteiger partial charge in [-0.25, -0.2) is 4.98 Å². The van der Waals surface area contributed by atoms with E-state index in [0.29, 0.717) is 0 Å². The van der Waals surface area contributed by atoms with Crippen molar-refractivity contribution in [3.8, 4) is 0 Å². The van der Waals surface area contributed by atoms with E-state index in [1.54, 1.807) is 6.20 Å². The van der Waals surface area contributed by atoms with E-state index in [0.717, 1.165) is 5.69 Å². The maximum absolute atomic E-state index is 11.9. The van der Waals surface area contributed by atoms with Crippen LogP contribution in [0.2, 0.25) is 0 Å². The summed E-state index contributed by atoms with van der Waals surface area (Å²) in [6, 6.07) is 4.10. The predicted octanol–water partition coefficient (Wildman–Crippen LogP) is 0.830. The van der Waals surface area contributed by atoms with Crippen LogP contribution in [0.1, 0.15) is 16.1 Å². The quantitative estimate of drug-likeness (QED) is 0.426. The van der Waals surface area contributed by atoms with Crippen LogP contribution >= 0.6 is 0 Å². The van der Waals surface area contributed by atoms with Gasteiger partial charge in [-0.15, -0.1) is 0 Å². The van der Waals surface area contributed by atoms with Crippen molar-refractivity contribution in [2.24, 2.45) is 0 Å². The topological polar surface area (TPSA) is 127 Å². The first-order valence-corrected chi connectivity index (χ1v) is 5.38. The molecule has 4 N–H and O–H groups in total. The molecule has 0 unspecified atom stereocenters. The molecule has 0 saturated carbocycles. The maximum atomic E-state index is 11.9. The fraction of sp³-hybridized carbons (Fsp3) is 0.0909. The zero-order valence-corrected chi connectivity index (χ0v) is 9.79. The molecule has 0 fully saturated rings. The highest BCUT2D eigenvalue weighted by Gasteiger charge is 2.18. The summed E-state index contributed by atoms with van der Waals surface area (Å²) in [5.74, 6) is -0.476. The molecule has 1 amide bonds. The minimum Gasteiger partial charge on any atom is -0.393 e. The molecule has 0 radical (unpaired) electrons. The van der Waals surface area contributed by atoms with Gasteiger partial charge in [-0.3, -0.25) is 14.9 Å².